The summed E-state index contributed by atoms with van der Waals surface area (Å²) in [4.78, 5) is 196. The molecule has 1 heterocycles. The van der Waals surface area contributed by atoms with E-state index in [0.717, 1.165) is 27.5 Å². The number of hydrogen-bond donors (Lipinski definition) is 6. The molecule has 0 unspecified atom stereocenters. The smallest absolute Gasteiger partial charge is 0.337 e. The Bertz CT molecular complexity index is 3060. The standard InChI is InChI=1S/C75H126N12O15/c1-26-54-70(96)81(18)51(17)69(95)82(19)56(38-43(4)5)66(92)80-59(46(10)11)73(99)83(20)55(37-42(2)3)65(91)77-49(15)63(89)78-50(16)68(94)84(21)57(39-44(6)7)71(97)85(22)58(40-45(8)9)72(98)86(23)60(47(12)13)74(100)87(24)61(67(93)79-54)62(88)48(14)33-30-28-27-29-31-36-76-64(90)52-34-32-35-53(41-52)75(101)102-25/h32,34-35,41-50,54-62,88H,17,26-31,33,36-40H2,1-16,18-25H3,(H,76,90)(H,77,91)(H,78,89)(H,79,93)(H,80,92)/t48-,49-,50+,54+,55-,56+,57+,58+,59-,60+,61+,62-/m1/s1. The quantitative estimate of drug-likeness (QED) is 0.0456. The minimum absolute atomic E-state index is 0.0595. The lowest BCUT2D eigenvalue weighted by Crippen LogP contribution is -2.63. The number of aliphatic hydroxyl groups excluding tert-OH is 1. The van der Waals surface area contributed by atoms with Gasteiger partial charge in [0.2, 0.25) is 59.1 Å². The summed E-state index contributed by atoms with van der Waals surface area (Å²) in [7, 11) is 11.0. The number of amides is 12. The fourth-order valence-electron chi connectivity index (χ4n) is 12.7. The zero-order valence-corrected chi connectivity index (χ0v) is 65.7. The summed E-state index contributed by atoms with van der Waals surface area (Å²) in [6.07, 6.45) is 2.63. The molecular formula is C75H126N12O15. The van der Waals surface area contributed by atoms with Crippen LogP contribution in [0.15, 0.2) is 36.5 Å². The zero-order chi connectivity index (χ0) is 78.2. The van der Waals surface area contributed by atoms with Gasteiger partial charge < -0.3 is 70.7 Å². The molecule has 27 heteroatoms. The molecule has 102 heavy (non-hydrogen) atoms. The maximum Gasteiger partial charge on any atom is 0.337 e. The van der Waals surface area contributed by atoms with Gasteiger partial charge in [-0.3, -0.25) is 57.5 Å². The molecule has 0 aliphatic carbocycles. The number of carbonyl (C=O) groups is 13. The molecule has 0 spiro atoms. The van der Waals surface area contributed by atoms with E-state index in [-0.39, 0.29) is 72.9 Å². The second-order valence-electron chi connectivity index (χ2n) is 30.2. The Morgan fingerprint density at radius 1 is 0.510 bits per heavy atom. The Balaban J connectivity index is 2.88. The van der Waals surface area contributed by atoms with E-state index in [9.17, 15) is 48.3 Å². The van der Waals surface area contributed by atoms with Crippen molar-refractivity contribution in [2.75, 3.05) is 63.0 Å². The van der Waals surface area contributed by atoms with E-state index in [1.807, 2.05) is 55.4 Å². The van der Waals surface area contributed by atoms with Crippen molar-refractivity contribution in [2.45, 2.75) is 248 Å². The van der Waals surface area contributed by atoms with Gasteiger partial charge in [0, 0.05) is 61.4 Å². The summed E-state index contributed by atoms with van der Waals surface area (Å²) < 4.78 is 4.78. The third-order valence-corrected chi connectivity index (χ3v) is 19.2. The van der Waals surface area contributed by atoms with Crippen LogP contribution in [0.25, 0.3) is 0 Å². The van der Waals surface area contributed by atoms with Crippen LogP contribution < -0.4 is 26.6 Å². The molecule has 1 fully saturated rings. The van der Waals surface area contributed by atoms with Crippen LogP contribution in [0.3, 0.4) is 0 Å². The highest BCUT2D eigenvalue weighted by Gasteiger charge is 2.46. The van der Waals surface area contributed by atoms with E-state index < -0.39 is 155 Å². The number of unbranched alkanes of at least 4 members (excludes halogenated alkanes) is 4. The lowest BCUT2D eigenvalue weighted by molar-refractivity contribution is -0.157. The van der Waals surface area contributed by atoms with Crippen molar-refractivity contribution in [3.8, 4) is 0 Å². The SMILES string of the molecule is C=C1C(=O)N(C)[C@@H](CC(C)C)C(=O)N[C@H](C(C)C)C(=O)N(C)[C@H](CC(C)C)C(=O)N[C@H](C)C(=O)N[C@@H](C)C(=O)N(C)[C@@H](CC(C)C)C(=O)N(C)[C@@H](CC(C)C)C(=O)N(C)[C@@H](C(C)C)C(=O)N(C)[C@@H]([C@H](O)[C@H](C)CCCCCCCNC(=O)c2cccc(C(=O)OC)c2)C(=O)N[C@@H](CC)C(=O)N1C. The minimum Gasteiger partial charge on any atom is -0.465 e. The van der Waals surface area contributed by atoms with E-state index in [1.165, 1.54) is 96.0 Å². The number of esters is 1. The Hall–Kier alpha value is -7.97. The van der Waals surface area contributed by atoms with E-state index in [0.29, 0.717) is 37.8 Å². The summed E-state index contributed by atoms with van der Waals surface area (Å²) in [5, 5.41) is 26.4. The average Bonchev–Trinajstić information content (AvgIpc) is 0.801. The number of rotatable bonds is 23. The van der Waals surface area contributed by atoms with Gasteiger partial charge in [-0.2, -0.15) is 0 Å². The van der Waals surface area contributed by atoms with Crippen LogP contribution in [-0.4, -0.2) is 246 Å². The molecule has 1 aromatic rings. The zero-order valence-electron chi connectivity index (χ0n) is 65.7. The van der Waals surface area contributed by atoms with Gasteiger partial charge in [0.1, 0.15) is 66.1 Å². The fraction of sp³-hybridized carbons (Fsp3) is 0.720. The number of methoxy groups -OCH3 is 1. The van der Waals surface area contributed by atoms with Crippen LogP contribution >= 0.6 is 0 Å². The van der Waals surface area contributed by atoms with Crippen LogP contribution in [0.1, 0.15) is 202 Å². The highest BCUT2D eigenvalue weighted by Crippen LogP contribution is 2.27. The molecule has 12 amide bonds. The molecule has 2 rings (SSSR count). The molecule has 0 aromatic heterocycles. The summed E-state index contributed by atoms with van der Waals surface area (Å²) in [5.74, 6) is -11.6. The first-order chi connectivity index (χ1) is 47.4. The minimum atomic E-state index is -1.69. The number of carbonyl (C=O) groups excluding carboxylic acids is 13. The fourth-order valence-corrected chi connectivity index (χ4v) is 12.7. The topological polar surface area (TPSA) is 334 Å². The Labute approximate surface area is 607 Å². The Kier molecular flexibility index (Phi) is 37.1. The van der Waals surface area contributed by atoms with Crippen LogP contribution in [0.2, 0.25) is 0 Å². The first-order valence-corrected chi connectivity index (χ1v) is 36.3. The average molecular weight is 1440 g/mol. The van der Waals surface area contributed by atoms with E-state index >= 15 is 19.2 Å². The van der Waals surface area contributed by atoms with Crippen molar-refractivity contribution in [1.82, 2.24) is 60.9 Å². The van der Waals surface area contributed by atoms with Gasteiger partial charge in [-0.1, -0.05) is 135 Å². The summed E-state index contributed by atoms with van der Waals surface area (Å²) in [6.45, 7) is 32.2. The van der Waals surface area contributed by atoms with Gasteiger partial charge in [0.05, 0.1) is 18.8 Å². The molecule has 1 aliphatic rings. The number of ether oxygens (including phenoxy) is 1. The first kappa shape index (κ1) is 90.1. The third kappa shape index (κ3) is 25.5. The van der Waals surface area contributed by atoms with Crippen molar-refractivity contribution in [1.29, 1.82) is 0 Å². The molecule has 1 aromatic carbocycles. The Morgan fingerprint density at radius 2 is 0.961 bits per heavy atom. The summed E-state index contributed by atoms with van der Waals surface area (Å²) in [6, 6.07) is -6.72. The van der Waals surface area contributed by atoms with E-state index in [1.54, 1.807) is 59.7 Å². The van der Waals surface area contributed by atoms with E-state index in [4.69, 9.17) is 4.74 Å². The van der Waals surface area contributed by atoms with Crippen LogP contribution in [0.4, 0.5) is 0 Å². The second kappa shape index (κ2) is 42.0. The Morgan fingerprint density at radius 3 is 1.47 bits per heavy atom. The molecule has 576 valence electrons. The highest BCUT2D eigenvalue weighted by atomic mass is 16.5. The van der Waals surface area contributed by atoms with Crippen molar-refractivity contribution in [3.05, 3.63) is 47.7 Å². The molecule has 0 saturated carbocycles. The van der Waals surface area contributed by atoms with Crippen LogP contribution in [0.5, 0.6) is 0 Å². The summed E-state index contributed by atoms with van der Waals surface area (Å²) >= 11 is 0. The first-order valence-electron chi connectivity index (χ1n) is 36.3. The molecule has 0 bridgehead atoms. The highest BCUT2D eigenvalue weighted by molar-refractivity contribution is 6.03. The maximum atomic E-state index is 15.5. The lowest BCUT2D eigenvalue weighted by Gasteiger charge is -2.41. The van der Waals surface area contributed by atoms with Crippen molar-refractivity contribution < 1.29 is 72.2 Å². The van der Waals surface area contributed by atoms with Gasteiger partial charge >= 0.3 is 5.97 Å². The van der Waals surface area contributed by atoms with Crippen LogP contribution in [-0.2, 0) is 57.5 Å². The van der Waals surface area contributed by atoms with Gasteiger partial charge in [0.25, 0.3) is 11.8 Å². The lowest BCUT2D eigenvalue weighted by atomic mass is 9.90. The maximum absolute atomic E-state index is 15.5. The van der Waals surface area contributed by atoms with Crippen molar-refractivity contribution in [3.63, 3.8) is 0 Å². The van der Waals surface area contributed by atoms with E-state index in [2.05, 4.69) is 33.2 Å². The van der Waals surface area contributed by atoms with Crippen molar-refractivity contribution >= 4 is 76.9 Å². The number of benzene rings is 1. The second-order valence-corrected chi connectivity index (χ2v) is 30.2. The third-order valence-electron chi connectivity index (χ3n) is 19.2. The van der Waals surface area contributed by atoms with Gasteiger partial charge in [-0.15, -0.1) is 0 Å². The van der Waals surface area contributed by atoms with Crippen molar-refractivity contribution in [2.24, 2.45) is 41.4 Å². The molecule has 6 N–H and O–H groups in total. The number of likely N-dealkylation sites (N-methyl/N-ethyl adjacent to an activating group) is 7. The largest absolute Gasteiger partial charge is 0.465 e. The molecule has 0 radical (unpaired) electrons. The number of hydrogen-bond acceptors (Lipinski definition) is 15. The predicted octanol–water partition coefficient (Wildman–Crippen LogP) is 5.37. The predicted molar refractivity (Wildman–Crippen MR) is 391 cm³/mol. The molecule has 1 saturated heterocycles. The summed E-state index contributed by atoms with van der Waals surface area (Å²) in [5.41, 5.74) is 0.181. The molecule has 27 nitrogen and oxygen atoms in total. The molecule has 12 atom stereocenters. The van der Waals surface area contributed by atoms with Crippen LogP contribution in [0, 0.1) is 41.4 Å². The molecular weight excluding hydrogens is 1310 g/mol. The van der Waals surface area contributed by atoms with Gasteiger partial charge in [-0.25, -0.2) is 4.79 Å². The molecule has 1 aliphatic heterocycles. The monoisotopic (exact) mass is 1430 g/mol. The number of nitrogens with one attached hydrogen (secondary N) is 5. The van der Waals surface area contributed by atoms with Gasteiger partial charge in [-0.05, 0) is 118 Å². The number of nitrogens with zero attached hydrogens (tertiary/aromatic N) is 7. The van der Waals surface area contributed by atoms with Gasteiger partial charge in [0.15, 0.2) is 0 Å². The number of aliphatic hydroxyl groups is 1. The normalized spacial score (nSPS) is 24.2.